The lowest BCUT2D eigenvalue weighted by Gasteiger charge is -2.27. The van der Waals surface area contributed by atoms with E-state index in [1.54, 1.807) is 12.1 Å². The maximum Gasteiger partial charge on any atom is 0.270 e. The van der Waals surface area contributed by atoms with Crippen LogP contribution in [0.5, 0.6) is 0 Å². The Hall–Kier alpha value is -3.66. The van der Waals surface area contributed by atoms with E-state index in [9.17, 15) is 29.8 Å². The molecule has 0 unspecified atom stereocenters. The van der Waals surface area contributed by atoms with Crippen LogP contribution in [0.25, 0.3) is 10.8 Å². The van der Waals surface area contributed by atoms with Gasteiger partial charge in [0.2, 0.25) is 0 Å². The van der Waals surface area contributed by atoms with E-state index in [-0.39, 0.29) is 27.6 Å². The fourth-order valence-corrected chi connectivity index (χ4v) is 3.45. The van der Waals surface area contributed by atoms with E-state index in [2.05, 4.69) is 15.9 Å². The molecule has 1 aliphatic rings. The van der Waals surface area contributed by atoms with Crippen molar-refractivity contribution in [2.75, 3.05) is 4.90 Å². The Morgan fingerprint density at radius 2 is 1.25 bits per heavy atom. The lowest BCUT2D eigenvalue weighted by molar-refractivity contribution is -0.385. The number of hydrogen-bond acceptors (Lipinski definition) is 6. The molecule has 0 atom stereocenters. The highest BCUT2D eigenvalue weighted by molar-refractivity contribution is 9.10. The fourth-order valence-electron chi connectivity index (χ4n) is 3.19. The largest absolute Gasteiger partial charge is 0.270 e. The van der Waals surface area contributed by atoms with Gasteiger partial charge in [0.25, 0.3) is 23.2 Å². The maximum absolute atomic E-state index is 13.0. The number of imide groups is 1. The van der Waals surface area contributed by atoms with E-state index >= 15 is 0 Å². The number of halogens is 1. The third kappa shape index (κ3) is 2.62. The van der Waals surface area contributed by atoms with Gasteiger partial charge in [-0.2, -0.15) is 0 Å². The van der Waals surface area contributed by atoms with E-state index in [0.29, 0.717) is 0 Å². The smallest absolute Gasteiger partial charge is 0.268 e. The third-order valence-electron chi connectivity index (χ3n) is 4.39. The molecule has 4 rings (SSSR count). The van der Waals surface area contributed by atoms with E-state index < -0.39 is 33.0 Å². The van der Waals surface area contributed by atoms with Crippen LogP contribution in [0.15, 0.2) is 53.0 Å². The van der Waals surface area contributed by atoms with E-state index in [4.69, 9.17) is 0 Å². The van der Waals surface area contributed by atoms with Crippen LogP contribution in [0.1, 0.15) is 20.7 Å². The minimum atomic E-state index is -0.734. The van der Waals surface area contributed by atoms with Gasteiger partial charge in [0.05, 0.1) is 26.7 Å². The lowest BCUT2D eigenvalue weighted by atomic mass is 9.92. The zero-order valence-corrected chi connectivity index (χ0v) is 15.4. The predicted molar refractivity (Wildman–Crippen MR) is 103 cm³/mol. The topological polar surface area (TPSA) is 124 Å². The number of carbonyl (C=O) groups excluding carboxylic acids is 2. The number of nitrogens with zero attached hydrogens (tertiary/aromatic N) is 3. The Labute approximate surface area is 164 Å². The second kappa shape index (κ2) is 6.20. The minimum absolute atomic E-state index is 0.0587. The fraction of sp³-hybridized carbons (Fsp3) is 0. The van der Waals surface area contributed by atoms with Gasteiger partial charge >= 0.3 is 0 Å². The average Bonchev–Trinajstić information content (AvgIpc) is 2.66. The Balaban J connectivity index is 2.05. The molecule has 0 saturated heterocycles. The Morgan fingerprint density at radius 3 is 1.68 bits per heavy atom. The molecule has 0 fully saturated rings. The van der Waals surface area contributed by atoms with E-state index in [1.807, 2.05) is 0 Å². The van der Waals surface area contributed by atoms with Gasteiger partial charge in [-0.1, -0.05) is 15.9 Å². The summed E-state index contributed by atoms with van der Waals surface area (Å²) in [6.07, 6.45) is 0. The number of hydrogen-bond donors (Lipinski definition) is 0. The first-order valence-corrected chi connectivity index (χ1v) is 8.62. The van der Waals surface area contributed by atoms with Crippen LogP contribution in [0.2, 0.25) is 0 Å². The Morgan fingerprint density at radius 1 is 0.786 bits per heavy atom. The zero-order chi connectivity index (χ0) is 20.2. The number of rotatable bonds is 3. The summed E-state index contributed by atoms with van der Waals surface area (Å²) in [6, 6.07) is 10.7. The van der Waals surface area contributed by atoms with Crippen LogP contribution in [0.4, 0.5) is 17.1 Å². The average molecular weight is 442 g/mol. The van der Waals surface area contributed by atoms with Gasteiger partial charge in [-0.25, -0.2) is 4.90 Å². The van der Waals surface area contributed by atoms with Crippen molar-refractivity contribution in [2.45, 2.75) is 0 Å². The molecule has 138 valence electrons. The molecule has 0 bridgehead atoms. The molecular weight excluding hydrogens is 434 g/mol. The van der Waals surface area contributed by atoms with Crippen molar-refractivity contribution in [3.63, 3.8) is 0 Å². The number of non-ortho nitro benzene ring substituents is 2. The second-order valence-corrected chi connectivity index (χ2v) is 6.94. The summed E-state index contributed by atoms with van der Waals surface area (Å²) in [5.41, 5.74) is -0.664. The maximum atomic E-state index is 13.0. The van der Waals surface area contributed by atoms with Crippen molar-refractivity contribution in [1.82, 2.24) is 0 Å². The van der Waals surface area contributed by atoms with Crippen LogP contribution >= 0.6 is 15.9 Å². The molecule has 3 aromatic carbocycles. The van der Waals surface area contributed by atoms with Crippen molar-refractivity contribution < 1.29 is 19.4 Å². The molecule has 28 heavy (non-hydrogen) atoms. The van der Waals surface area contributed by atoms with E-state index in [1.165, 1.54) is 12.1 Å². The zero-order valence-electron chi connectivity index (χ0n) is 13.8. The summed E-state index contributed by atoms with van der Waals surface area (Å²) >= 11 is 3.26. The number of carbonyl (C=O) groups is 2. The first-order valence-electron chi connectivity index (χ1n) is 7.83. The molecule has 1 aliphatic heterocycles. The highest BCUT2D eigenvalue weighted by Gasteiger charge is 2.36. The monoisotopic (exact) mass is 441 g/mol. The highest BCUT2D eigenvalue weighted by atomic mass is 79.9. The van der Waals surface area contributed by atoms with Crippen molar-refractivity contribution in [1.29, 1.82) is 0 Å². The van der Waals surface area contributed by atoms with Crippen molar-refractivity contribution in [2.24, 2.45) is 0 Å². The van der Waals surface area contributed by atoms with Crippen molar-refractivity contribution in [3.05, 3.63) is 84.4 Å². The molecule has 0 radical (unpaired) electrons. The molecule has 10 heteroatoms. The highest BCUT2D eigenvalue weighted by Crippen LogP contribution is 2.38. The Bertz CT molecular complexity index is 1150. The molecule has 0 aliphatic carbocycles. The van der Waals surface area contributed by atoms with Crippen molar-refractivity contribution >= 4 is 55.6 Å². The molecule has 1 heterocycles. The summed E-state index contributed by atoms with van der Waals surface area (Å²) in [5.74, 6) is -1.47. The quantitative estimate of drug-likeness (QED) is 0.340. The number of nitro groups is 2. The standard InChI is InChI=1S/C18H8BrN3O6/c19-10-1-3-11(4-2-10)20-17(23)14-7-12(21(25)26)5-9-6-13(22(27)28)8-15(16(9)14)18(20)24/h1-8H. The number of amides is 2. The second-order valence-electron chi connectivity index (χ2n) is 6.02. The SMILES string of the molecule is O=C1c2cc([N+](=O)[O-])cc3cc([N+](=O)[O-])cc(c23)C(=O)N1c1ccc(Br)cc1. The molecule has 2 amide bonds. The molecular formula is C18H8BrN3O6. The van der Waals surface area contributed by atoms with E-state index in [0.717, 1.165) is 33.6 Å². The van der Waals surface area contributed by atoms with Crippen molar-refractivity contribution in [3.8, 4) is 0 Å². The summed E-state index contributed by atoms with van der Waals surface area (Å²) in [7, 11) is 0. The first kappa shape index (κ1) is 17.7. The molecule has 0 spiro atoms. The van der Waals surface area contributed by atoms with Crippen LogP contribution in [0.3, 0.4) is 0 Å². The number of nitro benzene ring substituents is 2. The summed E-state index contributed by atoms with van der Waals surface area (Å²) < 4.78 is 0.724. The molecule has 0 N–H and O–H groups in total. The van der Waals surface area contributed by atoms with Gasteiger partial charge in [0, 0.05) is 34.1 Å². The summed E-state index contributed by atoms with van der Waals surface area (Å²) in [4.78, 5) is 48.1. The summed E-state index contributed by atoms with van der Waals surface area (Å²) in [6.45, 7) is 0. The van der Waals surface area contributed by atoms with Gasteiger partial charge in [-0.15, -0.1) is 0 Å². The van der Waals surface area contributed by atoms with Crippen LogP contribution in [-0.2, 0) is 0 Å². The predicted octanol–water partition coefficient (Wildman–Crippen LogP) is 4.22. The Kier molecular flexibility index (Phi) is 3.93. The lowest BCUT2D eigenvalue weighted by Crippen LogP contribution is -2.40. The number of anilines is 1. The van der Waals surface area contributed by atoms with Crippen LogP contribution in [-0.4, -0.2) is 21.7 Å². The normalized spacial score (nSPS) is 13.1. The minimum Gasteiger partial charge on any atom is -0.268 e. The molecule has 9 nitrogen and oxygen atoms in total. The van der Waals surface area contributed by atoms with Gasteiger partial charge in [-0.05, 0) is 29.7 Å². The van der Waals surface area contributed by atoms with Gasteiger partial charge in [0.1, 0.15) is 0 Å². The van der Waals surface area contributed by atoms with Gasteiger partial charge in [0.15, 0.2) is 0 Å². The third-order valence-corrected chi connectivity index (χ3v) is 4.92. The first-order chi connectivity index (χ1) is 13.3. The summed E-state index contributed by atoms with van der Waals surface area (Å²) in [5, 5.41) is 22.8. The number of benzene rings is 3. The van der Waals surface area contributed by atoms with Crippen LogP contribution in [0, 0.1) is 20.2 Å². The van der Waals surface area contributed by atoms with Gasteiger partial charge < -0.3 is 0 Å². The molecule has 0 aromatic heterocycles. The van der Waals surface area contributed by atoms with Gasteiger partial charge in [-0.3, -0.25) is 29.8 Å². The van der Waals surface area contributed by atoms with Crippen LogP contribution < -0.4 is 4.90 Å². The molecule has 0 saturated carbocycles. The molecule has 3 aromatic rings.